The zero-order valence-corrected chi connectivity index (χ0v) is 15.0. The zero-order chi connectivity index (χ0) is 17.0. The first kappa shape index (κ1) is 17.9. The molecule has 1 heterocycles. The van der Waals surface area contributed by atoms with Crippen LogP contribution >= 0.6 is 0 Å². The molecule has 1 saturated heterocycles. The van der Waals surface area contributed by atoms with Crippen molar-refractivity contribution in [1.29, 1.82) is 0 Å². The van der Waals surface area contributed by atoms with E-state index in [0.717, 1.165) is 43.3 Å². The highest BCUT2D eigenvalue weighted by atomic mass is 32.2. The van der Waals surface area contributed by atoms with Crippen LogP contribution in [0.1, 0.15) is 30.9 Å². The average Bonchev–Trinajstić information content (AvgIpc) is 2.48. The molecule has 6 heteroatoms. The van der Waals surface area contributed by atoms with Crippen LogP contribution in [-0.2, 0) is 21.4 Å². The Morgan fingerprint density at radius 1 is 1.26 bits per heavy atom. The van der Waals surface area contributed by atoms with E-state index in [1.165, 1.54) is 4.31 Å². The van der Waals surface area contributed by atoms with E-state index in [9.17, 15) is 13.2 Å². The second-order valence-electron chi connectivity index (χ2n) is 6.52. The number of benzene rings is 1. The highest BCUT2D eigenvalue weighted by Crippen LogP contribution is 2.17. The van der Waals surface area contributed by atoms with Crippen molar-refractivity contribution in [2.24, 2.45) is 5.92 Å². The zero-order valence-electron chi connectivity index (χ0n) is 14.2. The second-order valence-corrected chi connectivity index (χ2v) is 8.50. The maximum Gasteiger partial charge on any atom is 0.237 e. The summed E-state index contributed by atoms with van der Waals surface area (Å²) in [4.78, 5) is 14.2. The maximum absolute atomic E-state index is 12.5. The molecule has 1 aromatic carbocycles. The van der Waals surface area contributed by atoms with Crippen LogP contribution < -0.4 is 0 Å². The van der Waals surface area contributed by atoms with Gasteiger partial charge in [0.15, 0.2) is 0 Å². The monoisotopic (exact) mass is 338 g/mol. The molecule has 0 radical (unpaired) electrons. The first-order valence-corrected chi connectivity index (χ1v) is 9.89. The fraction of sp³-hybridized carbons (Fsp3) is 0.588. The first-order valence-electron chi connectivity index (χ1n) is 8.05. The number of nitrogens with zero attached hydrogens (tertiary/aromatic N) is 2. The lowest BCUT2D eigenvalue weighted by Gasteiger charge is -2.32. The number of hydrogen-bond acceptors (Lipinski definition) is 3. The van der Waals surface area contributed by atoms with Crippen molar-refractivity contribution < 1.29 is 13.2 Å². The van der Waals surface area contributed by atoms with Gasteiger partial charge in [0.25, 0.3) is 0 Å². The van der Waals surface area contributed by atoms with E-state index in [2.05, 4.69) is 6.92 Å². The van der Waals surface area contributed by atoms with Gasteiger partial charge in [-0.3, -0.25) is 4.79 Å². The molecular formula is C17H26N2O3S. The van der Waals surface area contributed by atoms with Gasteiger partial charge in [0.05, 0.1) is 12.8 Å². The van der Waals surface area contributed by atoms with Crippen LogP contribution in [0.3, 0.4) is 0 Å². The molecule has 0 saturated carbocycles. The number of carbonyl (C=O) groups excluding carboxylic acids is 1. The fourth-order valence-corrected chi connectivity index (χ4v) is 3.50. The first-order chi connectivity index (χ1) is 10.8. The Kier molecular flexibility index (Phi) is 5.81. The molecule has 1 aliphatic rings. The molecule has 0 N–H and O–H groups in total. The number of sulfonamides is 1. The summed E-state index contributed by atoms with van der Waals surface area (Å²) in [5, 5.41) is 0. The van der Waals surface area contributed by atoms with E-state index in [-0.39, 0.29) is 19.0 Å². The molecule has 0 aromatic heterocycles. The van der Waals surface area contributed by atoms with Crippen LogP contribution in [0.5, 0.6) is 0 Å². The van der Waals surface area contributed by atoms with Gasteiger partial charge >= 0.3 is 0 Å². The standard InChI is InChI=1S/C17H26N2O3S/c1-14-8-10-18(11-9-14)17(20)13-19(23(3,21)22)12-16-7-5-4-6-15(16)2/h4-7,14H,8-13H2,1-3H3. The van der Waals surface area contributed by atoms with Gasteiger partial charge in [-0.15, -0.1) is 0 Å². The van der Waals surface area contributed by atoms with Gasteiger partial charge in [0.2, 0.25) is 15.9 Å². The third-order valence-corrected chi connectivity index (χ3v) is 5.72. The third-order valence-electron chi connectivity index (χ3n) is 4.52. The van der Waals surface area contributed by atoms with Crippen LogP contribution in [0, 0.1) is 12.8 Å². The molecule has 0 atom stereocenters. The maximum atomic E-state index is 12.5. The molecule has 1 amide bonds. The molecule has 2 rings (SSSR count). The topological polar surface area (TPSA) is 57.7 Å². The molecule has 128 valence electrons. The third kappa shape index (κ3) is 5.04. The Balaban J connectivity index is 2.08. The minimum absolute atomic E-state index is 0.0818. The molecular weight excluding hydrogens is 312 g/mol. The van der Waals surface area contributed by atoms with Gasteiger partial charge in [0.1, 0.15) is 0 Å². The number of likely N-dealkylation sites (tertiary alicyclic amines) is 1. The molecule has 5 nitrogen and oxygen atoms in total. The molecule has 1 aliphatic heterocycles. The van der Waals surface area contributed by atoms with Crippen molar-refractivity contribution in [3.63, 3.8) is 0 Å². The Morgan fingerprint density at radius 2 is 1.87 bits per heavy atom. The molecule has 0 unspecified atom stereocenters. The van der Waals surface area contributed by atoms with Crippen LogP contribution in [-0.4, -0.2) is 49.4 Å². The highest BCUT2D eigenvalue weighted by molar-refractivity contribution is 7.88. The molecule has 0 spiro atoms. The summed E-state index contributed by atoms with van der Waals surface area (Å²) in [6.45, 7) is 5.74. The number of carbonyl (C=O) groups is 1. The Hall–Kier alpha value is -1.40. The van der Waals surface area contributed by atoms with Crippen LogP contribution in [0.15, 0.2) is 24.3 Å². The normalized spacial score (nSPS) is 16.8. The number of piperidine rings is 1. The highest BCUT2D eigenvalue weighted by Gasteiger charge is 2.26. The SMILES string of the molecule is Cc1ccccc1CN(CC(=O)N1CCC(C)CC1)S(C)(=O)=O. The van der Waals surface area contributed by atoms with Gasteiger partial charge < -0.3 is 4.90 Å². The fourth-order valence-electron chi connectivity index (χ4n) is 2.78. The predicted molar refractivity (Wildman–Crippen MR) is 91.4 cm³/mol. The Morgan fingerprint density at radius 3 is 2.43 bits per heavy atom. The number of aryl methyl sites for hydroxylation is 1. The van der Waals surface area contributed by atoms with Crippen molar-refractivity contribution in [1.82, 2.24) is 9.21 Å². The van der Waals surface area contributed by atoms with Gasteiger partial charge in [-0.25, -0.2) is 8.42 Å². The molecule has 1 fully saturated rings. The smallest absolute Gasteiger partial charge is 0.237 e. The summed E-state index contributed by atoms with van der Waals surface area (Å²) in [6.07, 6.45) is 3.14. The van der Waals surface area contributed by atoms with Crippen molar-refractivity contribution in [3.8, 4) is 0 Å². The number of amides is 1. The lowest BCUT2D eigenvalue weighted by atomic mass is 9.99. The minimum Gasteiger partial charge on any atom is -0.342 e. The number of hydrogen-bond donors (Lipinski definition) is 0. The van der Waals surface area contributed by atoms with Gasteiger partial charge in [-0.2, -0.15) is 4.31 Å². The van der Waals surface area contributed by atoms with Crippen molar-refractivity contribution in [2.75, 3.05) is 25.9 Å². The summed E-state index contributed by atoms with van der Waals surface area (Å²) in [5.41, 5.74) is 1.96. The Bertz CT molecular complexity index is 650. The summed E-state index contributed by atoms with van der Waals surface area (Å²) in [5.74, 6) is 0.535. The summed E-state index contributed by atoms with van der Waals surface area (Å²) in [7, 11) is -3.44. The van der Waals surface area contributed by atoms with Gasteiger partial charge in [0, 0.05) is 19.6 Å². The molecule has 0 bridgehead atoms. The van der Waals surface area contributed by atoms with E-state index in [1.54, 1.807) is 4.90 Å². The van der Waals surface area contributed by atoms with Crippen molar-refractivity contribution in [2.45, 2.75) is 33.2 Å². The quantitative estimate of drug-likeness (QED) is 0.825. The van der Waals surface area contributed by atoms with Crippen LogP contribution in [0.25, 0.3) is 0 Å². The summed E-state index contributed by atoms with van der Waals surface area (Å²) >= 11 is 0. The predicted octanol–water partition coefficient (Wildman–Crippen LogP) is 2.02. The van der Waals surface area contributed by atoms with Gasteiger partial charge in [-0.1, -0.05) is 31.2 Å². The van der Waals surface area contributed by atoms with Crippen LogP contribution in [0.2, 0.25) is 0 Å². The second kappa shape index (κ2) is 7.45. The van der Waals surface area contributed by atoms with Crippen LogP contribution in [0.4, 0.5) is 0 Å². The van der Waals surface area contributed by atoms with E-state index in [4.69, 9.17) is 0 Å². The molecule has 0 aliphatic carbocycles. The van der Waals surface area contributed by atoms with E-state index < -0.39 is 10.0 Å². The van der Waals surface area contributed by atoms with E-state index in [1.807, 2.05) is 31.2 Å². The Labute approximate surface area is 139 Å². The van der Waals surface area contributed by atoms with Crippen molar-refractivity contribution in [3.05, 3.63) is 35.4 Å². The van der Waals surface area contributed by atoms with Crippen molar-refractivity contribution >= 4 is 15.9 Å². The molecule has 23 heavy (non-hydrogen) atoms. The summed E-state index contributed by atoms with van der Waals surface area (Å²) < 4.78 is 25.4. The summed E-state index contributed by atoms with van der Waals surface area (Å²) in [6, 6.07) is 7.66. The lowest BCUT2D eigenvalue weighted by molar-refractivity contribution is -0.132. The van der Waals surface area contributed by atoms with E-state index >= 15 is 0 Å². The van der Waals surface area contributed by atoms with E-state index in [0.29, 0.717) is 5.92 Å². The lowest BCUT2D eigenvalue weighted by Crippen LogP contribution is -2.45. The average molecular weight is 338 g/mol. The molecule has 1 aromatic rings. The largest absolute Gasteiger partial charge is 0.342 e. The minimum atomic E-state index is -3.44. The van der Waals surface area contributed by atoms with Gasteiger partial charge in [-0.05, 0) is 36.8 Å². The number of rotatable bonds is 5.